The number of halogens is 1. The molecule has 0 saturated carbocycles. The standard InChI is InChI=1S/C13H14ClN5/c1-19(8-9-4-2-3-5-10(9)14)13-17-7-6-11(18-13)12(15)16/h2-7H,8H2,1H3,(H3,15,16). The molecule has 0 radical (unpaired) electrons. The fourth-order valence-electron chi connectivity index (χ4n) is 1.64. The quantitative estimate of drug-likeness (QED) is 0.661. The smallest absolute Gasteiger partial charge is 0.226 e. The number of amidine groups is 1. The Labute approximate surface area is 116 Å². The highest BCUT2D eigenvalue weighted by Gasteiger charge is 2.09. The van der Waals surface area contributed by atoms with Crippen molar-refractivity contribution >= 4 is 23.4 Å². The van der Waals surface area contributed by atoms with Gasteiger partial charge in [0.1, 0.15) is 11.5 Å². The van der Waals surface area contributed by atoms with Crippen LogP contribution >= 0.6 is 11.6 Å². The highest BCUT2D eigenvalue weighted by molar-refractivity contribution is 6.31. The third-order valence-electron chi connectivity index (χ3n) is 2.63. The molecule has 1 aromatic carbocycles. The molecule has 19 heavy (non-hydrogen) atoms. The molecule has 2 aromatic rings. The summed E-state index contributed by atoms with van der Waals surface area (Å²) in [6.07, 6.45) is 1.59. The molecule has 6 heteroatoms. The molecule has 0 aliphatic rings. The van der Waals surface area contributed by atoms with E-state index in [0.29, 0.717) is 23.2 Å². The minimum absolute atomic E-state index is 0.0743. The molecule has 1 heterocycles. The van der Waals surface area contributed by atoms with E-state index in [4.69, 9.17) is 22.7 Å². The maximum atomic E-state index is 7.38. The molecule has 0 amide bonds. The van der Waals surface area contributed by atoms with E-state index >= 15 is 0 Å². The number of nitrogens with zero attached hydrogens (tertiary/aromatic N) is 3. The zero-order chi connectivity index (χ0) is 13.8. The van der Waals surface area contributed by atoms with Gasteiger partial charge in [0, 0.05) is 24.8 Å². The molecular formula is C13H14ClN5. The van der Waals surface area contributed by atoms with Crippen LogP contribution in [0.5, 0.6) is 0 Å². The van der Waals surface area contributed by atoms with Crippen LogP contribution in [0.25, 0.3) is 0 Å². The molecule has 0 saturated heterocycles. The van der Waals surface area contributed by atoms with Gasteiger partial charge in [-0.15, -0.1) is 0 Å². The molecule has 2 rings (SSSR count). The van der Waals surface area contributed by atoms with Gasteiger partial charge in [-0.25, -0.2) is 9.97 Å². The first-order valence-corrected chi connectivity index (χ1v) is 6.07. The molecule has 0 atom stereocenters. The lowest BCUT2D eigenvalue weighted by Gasteiger charge is -2.18. The van der Waals surface area contributed by atoms with E-state index in [9.17, 15) is 0 Å². The first-order chi connectivity index (χ1) is 9.08. The molecule has 0 aliphatic heterocycles. The molecular weight excluding hydrogens is 262 g/mol. The van der Waals surface area contributed by atoms with E-state index in [1.807, 2.05) is 36.2 Å². The third kappa shape index (κ3) is 3.20. The summed E-state index contributed by atoms with van der Waals surface area (Å²) < 4.78 is 0. The number of benzene rings is 1. The molecule has 0 bridgehead atoms. The number of hydrogen-bond donors (Lipinski definition) is 2. The Balaban J connectivity index is 2.20. The minimum atomic E-state index is -0.0743. The summed E-state index contributed by atoms with van der Waals surface area (Å²) in [6.45, 7) is 0.584. The van der Waals surface area contributed by atoms with Crippen molar-refractivity contribution in [2.24, 2.45) is 5.73 Å². The van der Waals surface area contributed by atoms with Gasteiger partial charge in [0.05, 0.1) is 0 Å². The predicted octanol–water partition coefficient (Wildman–Crippen LogP) is 2.05. The van der Waals surface area contributed by atoms with Crippen LogP contribution in [0.1, 0.15) is 11.3 Å². The van der Waals surface area contributed by atoms with Gasteiger partial charge < -0.3 is 10.6 Å². The van der Waals surface area contributed by atoms with Gasteiger partial charge in [0.25, 0.3) is 0 Å². The normalized spacial score (nSPS) is 10.2. The molecule has 5 nitrogen and oxygen atoms in total. The molecule has 0 aliphatic carbocycles. The zero-order valence-electron chi connectivity index (χ0n) is 10.5. The Morgan fingerprint density at radius 3 is 2.79 bits per heavy atom. The van der Waals surface area contributed by atoms with Crippen molar-refractivity contribution < 1.29 is 0 Å². The molecule has 0 fully saturated rings. The number of anilines is 1. The van der Waals surface area contributed by atoms with E-state index in [0.717, 1.165) is 5.56 Å². The van der Waals surface area contributed by atoms with Crippen molar-refractivity contribution in [3.05, 3.63) is 52.8 Å². The van der Waals surface area contributed by atoms with Gasteiger partial charge in [-0.2, -0.15) is 0 Å². The maximum absolute atomic E-state index is 7.38. The number of nitrogen functional groups attached to an aromatic ring is 1. The topological polar surface area (TPSA) is 78.9 Å². The second-order valence-electron chi connectivity index (χ2n) is 4.10. The van der Waals surface area contributed by atoms with Crippen LogP contribution in [0.3, 0.4) is 0 Å². The SMILES string of the molecule is CN(Cc1ccccc1Cl)c1nccc(C(=N)N)n1. The van der Waals surface area contributed by atoms with E-state index in [1.54, 1.807) is 12.3 Å². The maximum Gasteiger partial charge on any atom is 0.226 e. The summed E-state index contributed by atoms with van der Waals surface area (Å²) in [6, 6.07) is 9.22. The van der Waals surface area contributed by atoms with Crippen LogP contribution in [-0.2, 0) is 6.54 Å². The van der Waals surface area contributed by atoms with Gasteiger partial charge >= 0.3 is 0 Å². The second-order valence-corrected chi connectivity index (χ2v) is 4.51. The van der Waals surface area contributed by atoms with Gasteiger partial charge in [-0.1, -0.05) is 29.8 Å². The Kier molecular flexibility index (Phi) is 3.97. The number of nitrogens with one attached hydrogen (secondary N) is 1. The van der Waals surface area contributed by atoms with E-state index < -0.39 is 0 Å². The number of aromatic nitrogens is 2. The van der Waals surface area contributed by atoms with Crippen molar-refractivity contribution in [1.82, 2.24) is 9.97 Å². The van der Waals surface area contributed by atoms with Crippen molar-refractivity contribution in [2.45, 2.75) is 6.54 Å². The fourth-order valence-corrected chi connectivity index (χ4v) is 1.83. The predicted molar refractivity (Wildman–Crippen MR) is 76.6 cm³/mol. The first kappa shape index (κ1) is 13.3. The summed E-state index contributed by atoms with van der Waals surface area (Å²) in [7, 11) is 1.86. The summed E-state index contributed by atoms with van der Waals surface area (Å²) in [4.78, 5) is 10.2. The average molecular weight is 276 g/mol. The third-order valence-corrected chi connectivity index (χ3v) is 2.99. The minimum Gasteiger partial charge on any atom is -0.382 e. The Bertz CT molecular complexity index is 599. The van der Waals surface area contributed by atoms with Crippen molar-refractivity contribution in [2.75, 3.05) is 11.9 Å². The molecule has 1 aromatic heterocycles. The van der Waals surface area contributed by atoms with Crippen LogP contribution in [0.2, 0.25) is 5.02 Å². The monoisotopic (exact) mass is 275 g/mol. The Hall–Kier alpha value is -2.14. The van der Waals surface area contributed by atoms with E-state index in [2.05, 4.69) is 9.97 Å². The van der Waals surface area contributed by atoms with Crippen molar-refractivity contribution in [3.63, 3.8) is 0 Å². The molecule has 98 valence electrons. The van der Waals surface area contributed by atoms with Gasteiger partial charge in [0.2, 0.25) is 5.95 Å². The van der Waals surface area contributed by atoms with Gasteiger partial charge in [0.15, 0.2) is 0 Å². The first-order valence-electron chi connectivity index (χ1n) is 5.70. The number of nitrogens with two attached hydrogens (primary N) is 1. The highest BCUT2D eigenvalue weighted by atomic mass is 35.5. The Morgan fingerprint density at radius 2 is 2.11 bits per heavy atom. The molecule has 0 unspecified atom stereocenters. The van der Waals surface area contributed by atoms with E-state index in [-0.39, 0.29) is 5.84 Å². The average Bonchev–Trinajstić information content (AvgIpc) is 2.41. The molecule has 0 spiro atoms. The van der Waals surface area contributed by atoms with Crippen molar-refractivity contribution in [3.8, 4) is 0 Å². The molecule has 3 N–H and O–H groups in total. The summed E-state index contributed by atoms with van der Waals surface area (Å²) in [5, 5.41) is 8.08. The van der Waals surface area contributed by atoms with Gasteiger partial charge in [-0.3, -0.25) is 5.41 Å². The lowest BCUT2D eigenvalue weighted by molar-refractivity contribution is 0.864. The van der Waals surface area contributed by atoms with Crippen LogP contribution in [0, 0.1) is 5.41 Å². The largest absolute Gasteiger partial charge is 0.382 e. The van der Waals surface area contributed by atoms with Gasteiger partial charge in [-0.05, 0) is 17.7 Å². The summed E-state index contributed by atoms with van der Waals surface area (Å²) in [5.74, 6) is 0.433. The lowest BCUT2D eigenvalue weighted by Crippen LogP contribution is -2.21. The number of rotatable bonds is 4. The summed E-state index contributed by atoms with van der Waals surface area (Å²) >= 11 is 6.12. The summed E-state index contributed by atoms with van der Waals surface area (Å²) in [5.41, 5.74) is 6.82. The van der Waals surface area contributed by atoms with Crippen LogP contribution in [-0.4, -0.2) is 22.9 Å². The highest BCUT2D eigenvalue weighted by Crippen LogP contribution is 2.18. The van der Waals surface area contributed by atoms with E-state index in [1.165, 1.54) is 0 Å². The van der Waals surface area contributed by atoms with Crippen LogP contribution in [0.4, 0.5) is 5.95 Å². The van der Waals surface area contributed by atoms with Crippen LogP contribution < -0.4 is 10.6 Å². The zero-order valence-corrected chi connectivity index (χ0v) is 11.2. The number of hydrogen-bond acceptors (Lipinski definition) is 4. The Morgan fingerprint density at radius 1 is 1.37 bits per heavy atom. The van der Waals surface area contributed by atoms with Crippen molar-refractivity contribution in [1.29, 1.82) is 5.41 Å². The second kappa shape index (κ2) is 5.67. The fraction of sp³-hybridized carbons (Fsp3) is 0.154. The van der Waals surface area contributed by atoms with Crippen LogP contribution in [0.15, 0.2) is 36.5 Å². The lowest BCUT2D eigenvalue weighted by atomic mass is 10.2.